The topological polar surface area (TPSA) is 91.9 Å². The highest BCUT2D eigenvalue weighted by atomic mass is 16.5. The Morgan fingerprint density at radius 2 is 2.29 bits per heavy atom. The van der Waals surface area contributed by atoms with E-state index in [1.165, 1.54) is 13.2 Å². The van der Waals surface area contributed by atoms with Crippen molar-refractivity contribution in [3.8, 4) is 0 Å². The molecule has 1 aromatic heterocycles. The predicted molar refractivity (Wildman–Crippen MR) is 60.0 cm³/mol. The fraction of sp³-hybridized carbons (Fsp3) is 0.545. The Morgan fingerprint density at radius 3 is 2.82 bits per heavy atom. The summed E-state index contributed by atoms with van der Waals surface area (Å²) in [6.45, 7) is 2.42. The lowest BCUT2D eigenvalue weighted by molar-refractivity contribution is 0.0618. The second-order valence-corrected chi connectivity index (χ2v) is 3.75. The SMILES string of the molecule is COCC(O)CNC(C)c1ccc(C(=O)O)o1. The highest BCUT2D eigenvalue weighted by Gasteiger charge is 2.14. The van der Waals surface area contributed by atoms with E-state index in [-0.39, 0.29) is 18.4 Å². The van der Waals surface area contributed by atoms with Crippen molar-refractivity contribution in [2.45, 2.75) is 19.1 Å². The first-order valence-corrected chi connectivity index (χ1v) is 5.28. The van der Waals surface area contributed by atoms with Gasteiger partial charge < -0.3 is 24.7 Å². The minimum atomic E-state index is -1.09. The number of rotatable bonds is 7. The van der Waals surface area contributed by atoms with Gasteiger partial charge in [-0.05, 0) is 19.1 Å². The maximum Gasteiger partial charge on any atom is 0.371 e. The Bertz CT molecular complexity index is 362. The Balaban J connectivity index is 2.46. The first-order valence-electron chi connectivity index (χ1n) is 5.28. The minimum Gasteiger partial charge on any atom is -0.475 e. The molecule has 0 saturated heterocycles. The van der Waals surface area contributed by atoms with Crippen LogP contribution in [0.4, 0.5) is 0 Å². The first-order chi connectivity index (χ1) is 8.04. The molecule has 1 rings (SSSR count). The van der Waals surface area contributed by atoms with Crippen LogP contribution in [0.3, 0.4) is 0 Å². The van der Waals surface area contributed by atoms with Gasteiger partial charge in [0.2, 0.25) is 5.76 Å². The average Bonchev–Trinajstić information content (AvgIpc) is 2.75. The van der Waals surface area contributed by atoms with E-state index in [1.807, 2.05) is 6.92 Å². The summed E-state index contributed by atoms with van der Waals surface area (Å²) in [6, 6.07) is 2.83. The molecule has 0 radical (unpaired) electrons. The monoisotopic (exact) mass is 243 g/mol. The van der Waals surface area contributed by atoms with Crippen molar-refractivity contribution >= 4 is 5.97 Å². The van der Waals surface area contributed by atoms with Gasteiger partial charge in [-0.3, -0.25) is 0 Å². The summed E-state index contributed by atoms with van der Waals surface area (Å²) in [7, 11) is 1.51. The van der Waals surface area contributed by atoms with Crippen LogP contribution in [0.25, 0.3) is 0 Å². The lowest BCUT2D eigenvalue weighted by Gasteiger charge is -2.14. The summed E-state index contributed by atoms with van der Waals surface area (Å²) >= 11 is 0. The molecule has 96 valence electrons. The quantitative estimate of drug-likeness (QED) is 0.650. The fourth-order valence-electron chi connectivity index (χ4n) is 1.37. The third kappa shape index (κ3) is 4.18. The predicted octanol–water partition coefficient (Wildman–Crippen LogP) is 0.636. The Kier molecular flexibility index (Phi) is 5.14. The molecule has 0 amide bonds. The molecule has 17 heavy (non-hydrogen) atoms. The number of hydrogen-bond donors (Lipinski definition) is 3. The number of carboxylic acid groups (broad SMARTS) is 1. The summed E-state index contributed by atoms with van der Waals surface area (Å²) in [5.74, 6) is -0.666. The second-order valence-electron chi connectivity index (χ2n) is 3.75. The number of aromatic carboxylic acids is 1. The number of ether oxygens (including phenoxy) is 1. The molecule has 1 heterocycles. The highest BCUT2D eigenvalue weighted by Crippen LogP contribution is 2.16. The number of aliphatic hydroxyl groups excluding tert-OH is 1. The van der Waals surface area contributed by atoms with E-state index in [0.29, 0.717) is 12.3 Å². The van der Waals surface area contributed by atoms with E-state index in [1.54, 1.807) is 6.07 Å². The zero-order chi connectivity index (χ0) is 12.8. The molecule has 6 nitrogen and oxygen atoms in total. The third-order valence-electron chi connectivity index (χ3n) is 2.28. The van der Waals surface area contributed by atoms with Crippen molar-refractivity contribution in [1.82, 2.24) is 5.32 Å². The number of furan rings is 1. The molecule has 0 aliphatic heterocycles. The fourth-order valence-corrected chi connectivity index (χ4v) is 1.37. The van der Waals surface area contributed by atoms with Crippen LogP contribution in [0.5, 0.6) is 0 Å². The van der Waals surface area contributed by atoms with Crippen molar-refractivity contribution in [3.63, 3.8) is 0 Å². The van der Waals surface area contributed by atoms with E-state index in [4.69, 9.17) is 14.3 Å². The van der Waals surface area contributed by atoms with Gasteiger partial charge in [-0.1, -0.05) is 0 Å². The molecule has 1 aromatic rings. The van der Waals surface area contributed by atoms with Gasteiger partial charge in [-0.15, -0.1) is 0 Å². The number of carboxylic acids is 1. The summed E-state index contributed by atoms with van der Waals surface area (Å²) in [5.41, 5.74) is 0. The van der Waals surface area contributed by atoms with Crippen LogP contribution in [0.2, 0.25) is 0 Å². The summed E-state index contributed by atoms with van der Waals surface area (Å²) in [4.78, 5) is 10.6. The lowest BCUT2D eigenvalue weighted by Crippen LogP contribution is -2.31. The van der Waals surface area contributed by atoms with Gasteiger partial charge in [-0.2, -0.15) is 0 Å². The number of aliphatic hydroxyl groups is 1. The molecule has 6 heteroatoms. The van der Waals surface area contributed by atoms with Gasteiger partial charge in [0.05, 0.1) is 18.8 Å². The number of nitrogens with one attached hydrogen (secondary N) is 1. The average molecular weight is 243 g/mol. The Labute approximate surface area is 99.2 Å². The molecule has 2 unspecified atom stereocenters. The van der Waals surface area contributed by atoms with Crippen molar-refractivity contribution in [2.75, 3.05) is 20.3 Å². The van der Waals surface area contributed by atoms with Crippen LogP contribution < -0.4 is 5.32 Å². The van der Waals surface area contributed by atoms with E-state index < -0.39 is 12.1 Å². The third-order valence-corrected chi connectivity index (χ3v) is 2.28. The van der Waals surface area contributed by atoms with Crippen LogP contribution in [0.15, 0.2) is 16.5 Å². The van der Waals surface area contributed by atoms with Crippen LogP contribution in [0, 0.1) is 0 Å². The Morgan fingerprint density at radius 1 is 1.59 bits per heavy atom. The zero-order valence-electron chi connectivity index (χ0n) is 9.84. The summed E-state index contributed by atoms with van der Waals surface area (Å²) < 4.78 is 9.91. The maximum absolute atomic E-state index is 10.6. The van der Waals surface area contributed by atoms with Crippen molar-refractivity contribution < 1.29 is 24.2 Å². The van der Waals surface area contributed by atoms with E-state index in [9.17, 15) is 9.90 Å². The lowest BCUT2D eigenvalue weighted by atomic mass is 10.2. The molecule has 3 N–H and O–H groups in total. The molecule has 0 saturated carbocycles. The summed E-state index contributed by atoms with van der Waals surface area (Å²) in [5, 5.41) is 21.1. The molecular formula is C11H17NO5. The molecule has 0 aromatic carbocycles. The van der Waals surface area contributed by atoms with Gasteiger partial charge in [0.15, 0.2) is 0 Å². The largest absolute Gasteiger partial charge is 0.475 e. The van der Waals surface area contributed by atoms with Crippen molar-refractivity contribution in [3.05, 3.63) is 23.7 Å². The number of hydrogen-bond acceptors (Lipinski definition) is 5. The molecular weight excluding hydrogens is 226 g/mol. The molecule has 2 atom stereocenters. The second kappa shape index (κ2) is 6.39. The van der Waals surface area contributed by atoms with Crippen LogP contribution in [-0.2, 0) is 4.74 Å². The van der Waals surface area contributed by atoms with Gasteiger partial charge in [0, 0.05) is 13.7 Å². The highest BCUT2D eigenvalue weighted by molar-refractivity contribution is 5.84. The van der Waals surface area contributed by atoms with Crippen LogP contribution in [-0.4, -0.2) is 42.5 Å². The zero-order valence-corrected chi connectivity index (χ0v) is 9.84. The number of carbonyl (C=O) groups is 1. The molecule has 0 spiro atoms. The van der Waals surface area contributed by atoms with E-state index >= 15 is 0 Å². The Hall–Kier alpha value is -1.37. The first kappa shape index (κ1) is 13.7. The van der Waals surface area contributed by atoms with Crippen LogP contribution >= 0.6 is 0 Å². The van der Waals surface area contributed by atoms with Crippen molar-refractivity contribution in [1.29, 1.82) is 0 Å². The van der Waals surface area contributed by atoms with Gasteiger partial charge in [0.25, 0.3) is 0 Å². The maximum atomic E-state index is 10.6. The van der Waals surface area contributed by atoms with Gasteiger partial charge >= 0.3 is 5.97 Å². The molecule has 0 bridgehead atoms. The normalized spacial score (nSPS) is 14.5. The van der Waals surface area contributed by atoms with Crippen LogP contribution in [0.1, 0.15) is 29.3 Å². The summed E-state index contributed by atoms with van der Waals surface area (Å²) in [6.07, 6.45) is -0.601. The van der Waals surface area contributed by atoms with E-state index in [0.717, 1.165) is 0 Å². The smallest absolute Gasteiger partial charge is 0.371 e. The van der Waals surface area contributed by atoms with Gasteiger partial charge in [0.1, 0.15) is 5.76 Å². The van der Waals surface area contributed by atoms with E-state index in [2.05, 4.69) is 5.32 Å². The minimum absolute atomic E-state index is 0.0916. The molecule has 0 aliphatic rings. The number of methoxy groups -OCH3 is 1. The standard InChI is InChI=1S/C11H17NO5/c1-7(12-5-8(13)6-16-2)9-3-4-10(17-9)11(14)15/h3-4,7-8,12-13H,5-6H2,1-2H3,(H,14,15). The molecule has 0 fully saturated rings. The van der Waals surface area contributed by atoms with Gasteiger partial charge in [-0.25, -0.2) is 4.79 Å². The molecule has 0 aliphatic carbocycles. The van der Waals surface area contributed by atoms with Crippen molar-refractivity contribution in [2.24, 2.45) is 0 Å².